The molecule has 2 unspecified atom stereocenters. The molecule has 10 heterocycles. The number of furan rings is 2. The Balaban J connectivity index is 0.000000130. The highest BCUT2D eigenvalue weighted by Gasteiger charge is 2.30. The molecule has 0 spiro atoms. The van der Waals surface area contributed by atoms with Gasteiger partial charge < -0.3 is 38.8 Å². The first kappa shape index (κ1) is 35.6. The molecule has 0 amide bonds. The van der Waals surface area contributed by atoms with Crippen LogP contribution < -0.4 is 20.9 Å². The zero-order chi connectivity index (χ0) is 37.6. The molecule has 55 heavy (non-hydrogen) atoms. The third-order valence-corrected chi connectivity index (χ3v) is 9.28. The van der Waals surface area contributed by atoms with Crippen molar-refractivity contribution in [2.45, 2.75) is 37.8 Å². The number of hydrogen-bond donors (Lipinski definition) is 3. The molecule has 0 bridgehead atoms. The van der Waals surface area contributed by atoms with Gasteiger partial charge in [0.2, 0.25) is 11.2 Å². The first-order valence-electron chi connectivity index (χ1n) is 17.9. The van der Waals surface area contributed by atoms with Crippen LogP contribution in [0.15, 0.2) is 107 Å². The molecule has 2 atom stereocenters. The summed E-state index contributed by atoms with van der Waals surface area (Å²) in [5.41, 5.74) is 4.83. The van der Waals surface area contributed by atoms with E-state index in [0.717, 1.165) is 37.1 Å². The Morgan fingerprint density at radius 3 is 1.93 bits per heavy atom. The second kappa shape index (κ2) is 16.3. The van der Waals surface area contributed by atoms with Crippen LogP contribution in [0.2, 0.25) is 5.28 Å². The molecule has 16 nitrogen and oxygen atoms in total. The van der Waals surface area contributed by atoms with Crippen LogP contribution in [-0.2, 0) is 14.1 Å². The van der Waals surface area contributed by atoms with E-state index in [1.54, 1.807) is 31.2 Å². The summed E-state index contributed by atoms with van der Waals surface area (Å²) in [4.78, 5) is 37.1. The maximum Gasteiger partial charge on any atom is 0.228 e. The highest BCUT2D eigenvalue weighted by Crippen LogP contribution is 2.36. The van der Waals surface area contributed by atoms with E-state index in [1.807, 2.05) is 78.3 Å². The van der Waals surface area contributed by atoms with E-state index in [4.69, 9.17) is 30.4 Å². The van der Waals surface area contributed by atoms with E-state index in [9.17, 15) is 0 Å². The number of nitrogens with one attached hydrogen (secondary N) is 3. The SMILES string of the molecule is Cn1cnc(Nc2nc(Cl)nc3ccoc23)c1.Cn1cnc(Nc2nc(N3CCCC3c3ccccn3)nc3ccoc23)c1.c1ccc(C2CCCN2)nc1. The Bertz CT molecular complexity index is 2460. The molecular weight excluding hydrogens is 720 g/mol. The van der Waals surface area contributed by atoms with E-state index in [2.05, 4.69) is 62.9 Å². The smallest absolute Gasteiger partial charge is 0.228 e. The first-order valence-corrected chi connectivity index (χ1v) is 18.3. The van der Waals surface area contributed by atoms with E-state index in [0.29, 0.717) is 51.9 Å². The molecule has 280 valence electrons. The maximum absolute atomic E-state index is 5.82. The molecule has 8 aromatic rings. The molecule has 2 aliphatic heterocycles. The summed E-state index contributed by atoms with van der Waals surface area (Å²) in [6.07, 6.45) is 18.6. The van der Waals surface area contributed by atoms with Gasteiger partial charge in [-0.1, -0.05) is 12.1 Å². The standard InChI is InChI=1S/C19H19N7O.C10H8ClN5O.C9H12N2/c1-25-11-16(21-12-25)23-18-17-14(7-10-27-17)22-19(24-18)26-9-4-6-15(26)13-5-2-3-8-20-13;1-16-4-7(12-5-16)14-9-8-6(2-3-17-8)13-10(11)15-9;1-2-6-10-8(4-1)9-5-3-7-11-9/h2-3,5,7-8,10-12,15H,4,6,9H2,1H3,(H,22,23,24);2-5H,1H3,(H,13,14,15);1-2,4,6,9,11H,3,5,7H2. The van der Waals surface area contributed by atoms with Crippen molar-refractivity contribution in [1.82, 2.24) is 54.3 Å². The van der Waals surface area contributed by atoms with Crippen LogP contribution in [0, 0.1) is 0 Å². The summed E-state index contributed by atoms with van der Waals surface area (Å²) in [5, 5.41) is 9.86. The molecule has 2 aliphatic rings. The lowest BCUT2D eigenvalue weighted by Crippen LogP contribution is -2.25. The Labute approximate surface area is 321 Å². The number of halogens is 1. The van der Waals surface area contributed by atoms with Crippen LogP contribution in [0.3, 0.4) is 0 Å². The van der Waals surface area contributed by atoms with Crippen molar-refractivity contribution < 1.29 is 8.83 Å². The van der Waals surface area contributed by atoms with Crippen LogP contribution in [0.1, 0.15) is 49.2 Å². The minimum Gasteiger partial charge on any atom is -0.459 e. The van der Waals surface area contributed by atoms with Crippen molar-refractivity contribution in [2.24, 2.45) is 14.1 Å². The lowest BCUT2D eigenvalue weighted by molar-refractivity contribution is 0.614. The molecule has 0 radical (unpaired) electrons. The summed E-state index contributed by atoms with van der Waals surface area (Å²) in [5.74, 6) is 3.17. The number of rotatable bonds is 7. The number of pyridine rings is 2. The molecule has 17 heteroatoms. The maximum atomic E-state index is 5.82. The van der Waals surface area contributed by atoms with Crippen molar-refractivity contribution in [2.75, 3.05) is 28.6 Å². The number of anilines is 5. The highest BCUT2D eigenvalue weighted by atomic mass is 35.5. The predicted molar refractivity (Wildman–Crippen MR) is 209 cm³/mol. The fourth-order valence-corrected chi connectivity index (χ4v) is 6.76. The van der Waals surface area contributed by atoms with Gasteiger partial charge in [0.25, 0.3) is 0 Å². The predicted octanol–water partition coefficient (Wildman–Crippen LogP) is 7.30. The average molecular weight is 759 g/mol. The number of nitrogens with zero attached hydrogens (tertiary/aromatic N) is 11. The van der Waals surface area contributed by atoms with E-state index >= 15 is 0 Å². The molecule has 0 saturated carbocycles. The molecular formula is C38H39ClN14O2. The van der Waals surface area contributed by atoms with E-state index in [1.165, 1.54) is 18.5 Å². The third kappa shape index (κ3) is 8.40. The van der Waals surface area contributed by atoms with Gasteiger partial charge in [-0.05, 0) is 68.1 Å². The van der Waals surface area contributed by atoms with Crippen LogP contribution in [0.4, 0.5) is 29.2 Å². The van der Waals surface area contributed by atoms with Gasteiger partial charge in [0.1, 0.15) is 22.7 Å². The molecule has 0 aliphatic carbocycles. The Hall–Kier alpha value is -6.39. The van der Waals surface area contributed by atoms with Crippen molar-refractivity contribution in [3.8, 4) is 0 Å². The minimum absolute atomic E-state index is 0.164. The lowest BCUT2D eigenvalue weighted by Gasteiger charge is -2.24. The first-order chi connectivity index (χ1) is 27.0. The van der Waals surface area contributed by atoms with Crippen molar-refractivity contribution in [3.05, 3.63) is 115 Å². The summed E-state index contributed by atoms with van der Waals surface area (Å²) in [6.45, 7) is 2.04. The summed E-state index contributed by atoms with van der Waals surface area (Å²) in [7, 11) is 3.81. The number of hydrogen-bond acceptors (Lipinski definition) is 14. The van der Waals surface area contributed by atoms with Crippen molar-refractivity contribution >= 4 is 63.0 Å². The number of fused-ring (bicyclic) bond motifs is 2. The second-order valence-corrected chi connectivity index (χ2v) is 13.4. The lowest BCUT2D eigenvalue weighted by atomic mass is 10.1. The minimum atomic E-state index is 0.164. The van der Waals surface area contributed by atoms with Gasteiger partial charge >= 0.3 is 0 Å². The zero-order valence-electron chi connectivity index (χ0n) is 30.2. The van der Waals surface area contributed by atoms with Crippen LogP contribution in [0.25, 0.3) is 22.2 Å². The van der Waals surface area contributed by atoms with Gasteiger partial charge in [-0.2, -0.15) is 9.97 Å². The monoisotopic (exact) mass is 758 g/mol. The highest BCUT2D eigenvalue weighted by molar-refractivity contribution is 6.28. The van der Waals surface area contributed by atoms with Gasteiger partial charge in [-0.3, -0.25) is 9.97 Å². The quantitative estimate of drug-likeness (QED) is 0.138. The van der Waals surface area contributed by atoms with Crippen LogP contribution >= 0.6 is 11.6 Å². The normalized spacial score (nSPS) is 16.5. The molecule has 3 N–H and O–H groups in total. The molecule has 2 saturated heterocycles. The van der Waals surface area contributed by atoms with E-state index in [-0.39, 0.29) is 11.3 Å². The number of imidazole rings is 2. The van der Waals surface area contributed by atoms with Crippen molar-refractivity contribution in [1.29, 1.82) is 0 Å². The average Bonchev–Trinajstić information content (AvgIpc) is 4.05. The van der Waals surface area contributed by atoms with Crippen LogP contribution in [0.5, 0.6) is 0 Å². The molecule has 2 fully saturated rings. The van der Waals surface area contributed by atoms with Gasteiger partial charge in [-0.25, -0.2) is 19.9 Å². The zero-order valence-corrected chi connectivity index (χ0v) is 31.0. The number of aromatic nitrogens is 10. The Kier molecular flexibility index (Phi) is 10.6. The Morgan fingerprint density at radius 1 is 0.709 bits per heavy atom. The molecule has 8 aromatic heterocycles. The van der Waals surface area contributed by atoms with Gasteiger partial charge in [0, 0.05) is 63.6 Å². The topological polar surface area (TPSA) is 179 Å². The largest absolute Gasteiger partial charge is 0.459 e. The summed E-state index contributed by atoms with van der Waals surface area (Å²) >= 11 is 5.82. The number of aryl methyl sites for hydroxylation is 2. The van der Waals surface area contributed by atoms with Crippen LogP contribution in [-0.4, -0.2) is 62.1 Å². The van der Waals surface area contributed by atoms with Gasteiger partial charge in [0.15, 0.2) is 22.8 Å². The second-order valence-electron chi connectivity index (χ2n) is 13.1. The fraction of sp³-hybridized carbons (Fsp3) is 0.263. The Morgan fingerprint density at radius 2 is 1.35 bits per heavy atom. The summed E-state index contributed by atoms with van der Waals surface area (Å²) < 4.78 is 14.6. The van der Waals surface area contributed by atoms with Gasteiger partial charge in [-0.15, -0.1) is 0 Å². The molecule has 10 rings (SSSR count). The van der Waals surface area contributed by atoms with E-state index < -0.39 is 0 Å². The fourth-order valence-electron chi connectivity index (χ4n) is 6.59. The van der Waals surface area contributed by atoms with Crippen molar-refractivity contribution in [3.63, 3.8) is 0 Å². The third-order valence-electron chi connectivity index (χ3n) is 9.11. The summed E-state index contributed by atoms with van der Waals surface area (Å²) in [6, 6.07) is 16.4. The van der Waals surface area contributed by atoms with Gasteiger partial charge in [0.05, 0.1) is 42.6 Å². The molecule has 0 aromatic carbocycles.